The van der Waals surface area contributed by atoms with Gasteiger partial charge in [0.05, 0.1) is 11.2 Å². The number of aromatic hydroxyl groups is 1. The molecule has 0 spiro atoms. The SMILES string of the molecule is Cc1cc(C)cc(C(=O)N/N=C/c2cc(Cl)cc(Cl)c2O)c1. The predicted molar refractivity (Wildman–Crippen MR) is 89.1 cm³/mol. The number of phenols is 1. The van der Waals surface area contributed by atoms with Crippen LogP contribution in [0.5, 0.6) is 5.75 Å². The third-order valence-electron chi connectivity index (χ3n) is 2.91. The minimum atomic E-state index is -0.337. The number of aryl methyl sites for hydroxylation is 2. The summed E-state index contributed by atoms with van der Waals surface area (Å²) < 4.78 is 0. The Kier molecular flexibility index (Phi) is 5.06. The van der Waals surface area contributed by atoms with Crippen LogP contribution in [0, 0.1) is 13.8 Å². The van der Waals surface area contributed by atoms with E-state index in [0.717, 1.165) is 11.1 Å². The number of amides is 1. The van der Waals surface area contributed by atoms with Gasteiger partial charge in [-0.25, -0.2) is 5.43 Å². The summed E-state index contributed by atoms with van der Waals surface area (Å²) in [5.41, 5.74) is 5.22. The van der Waals surface area contributed by atoms with Crippen molar-refractivity contribution in [3.05, 3.63) is 62.6 Å². The highest BCUT2D eigenvalue weighted by molar-refractivity contribution is 6.36. The van der Waals surface area contributed by atoms with Gasteiger partial charge in [0.15, 0.2) is 0 Å². The maximum atomic E-state index is 12.0. The van der Waals surface area contributed by atoms with Crippen molar-refractivity contribution in [3.63, 3.8) is 0 Å². The number of carbonyl (C=O) groups excluding carboxylic acids is 1. The molecule has 0 aliphatic carbocycles. The molecule has 0 aromatic heterocycles. The van der Waals surface area contributed by atoms with Gasteiger partial charge < -0.3 is 5.11 Å². The number of nitrogens with one attached hydrogen (secondary N) is 1. The van der Waals surface area contributed by atoms with Crippen LogP contribution >= 0.6 is 23.2 Å². The van der Waals surface area contributed by atoms with Crippen molar-refractivity contribution >= 4 is 35.3 Å². The van der Waals surface area contributed by atoms with Crippen molar-refractivity contribution in [2.45, 2.75) is 13.8 Å². The molecule has 2 aromatic carbocycles. The Labute approximate surface area is 138 Å². The largest absolute Gasteiger partial charge is 0.506 e. The molecule has 0 radical (unpaired) electrons. The normalized spacial score (nSPS) is 10.9. The fourth-order valence-electron chi connectivity index (χ4n) is 2.02. The molecule has 4 nitrogen and oxygen atoms in total. The zero-order valence-electron chi connectivity index (χ0n) is 12.0. The van der Waals surface area contributed by atoms with E-state index in [-0.39, 0.29) is 16.7 Å². The number of hydrazone groups is 1. The second-order valence-corrected chi connectivity index (χ2v) is 5.74. The van der Waals surface area contributed by atoms with E-state index in [1.54, 1.807) is 12.1 Å². The first kappa shape index (κ1) is 16.3. The van der Waals surface area contributed by atoms with E-state index in [4.69, 9.17) is 23.2 Å². The van der Waals surface area contributed by atoms with Gasteiger partial charge in [0, 0.05) is 16.1 Å². The van der Waals surface area contributed by atoms with E-state index in [0.29, 0.717) is 16.1 Å². The summed E-state index contributed by atoms with van der Waals surface area (Å²) in [6.45, 7) is 3.83. The Morgan fingerprint density at radius 3 is 2.41 bits per heavy atom. The van der Waals surface area contributed by atoms with Crippen molar-refractivity contribution in [2.75, 3.05) is 0 Å². The van der Waals surface area contributed by atoms with Crippen LogP contribution in [0.15, 0.2) is 35.4 Å². The molecular weight excluding hydrogens is 323 g/mol. The third-order valence-corrected chi connectivity index (χ3v) is 3.42. The van der Waals surface area contributed by atoms with E-state index >= 15 is 0 Å². The molecule has 2 N–H and O–H groups in total. The Balaban J connectivity index is 2.14. The van der Waals surface area contributed by atoms with Gasteiger partial charge in [0.25, 0.3) is 5.91 Å². The fraction of sp³-hybridized carbons (Fsp3) is 0.125. The molecule has 0 saturated carbocycles. The van der Waals surface area contributed by atoms with E-state index < -0.39 is 0 Å². The standard InChI is InChI=1S/C16H14Cl2N2O2/c1-9-3-10(2)5-11(4-9)16(22)20-19-8-12-6-13(17)7-14(18)15(12)21/h3-8,21H,1-2H3,(H,20,22)/b19-8+. The zero-order chi connectivity index (χ0) is 16.3. The van der Waals surface area contributed by atoms with Crippen molar-refractivity contribution in [3.8, 4) is 5.75 Å². The Bertz CT molecular complexity index is 738. The number of benzene rings is 2. The number of phenolic OH excluding ortho intramolecular Hbond substituents is 1. The molecule has 0 aliphatic heterocycles. The second-order valence-electron chi connectivity index (χ2n) is 4.90. The lowest BCUT2D eigenvalue weighted by atomic mass is 10.1. The maximum Gasteiger partial charge on any atom is 0.271 e. The number of hydrogen-bond donors (Lipinski definition) is 2. The van der Waals surface area contributed by atoms with Crippen LogP contribution in [0.4, 0.5) is 0 Å². The van der Waals surface area contributed by atoms with Gasteiger partial charge in [0.1, 0.15) is 5.75 Å². The van der Waals surface area contributed by atoms with E-state index in [2.05, 4.69) is 10.5 Å². The first-order valence-corrected chi connectivity index (χ1v) is 7.22. The van der Waals surface area contributed by atoms with Gasteiger partial charge in [-0.3, -0.25) is 4.79 Å². The van der Waals surface area contributed by atoms with Crippen LogP contribution in [-0.4, -0.2) is 17.2 Å². The smallest absolute Gasteiger partial charge is 0.271 e. The highest BCUT2D eigenvalue weighted by atomic mass is 35.5. The minimum absolute atomic E-state index is 0.120. The molecule has 2 aromatic rings. The molecule has 0 unspecified atom stereocenters. The number of hydrogen-bond acceptors (Lipinski definition) is 3. The summed E-state index contributed by atoms with van der Waals surface area (Å²) in [5.74, 6) is -0.480. The topological polar surface area (TPSA) is 61.7 Å². The van der Waals surface area contributed by atoms with Crippen LogP contribution in [0.1, 0.15) is 27.0 Å². The number of rotatable bonds is 3. The van der Waals surface area contributed by atoms with E-state index in [1.807, 2.05) is 19.9 Å². The molecule has 114 valence electrons. The first-order valence-electron chi connectivity index (χ1n) is 6.46. The Hall–Kier alpha value is -2.04. The van der Waals surface area contributed by atoms with Crippen LogP contribution in [0.2, 0.25) is 10.0 Å². The molecule has 0 aliphatic rings. The number of carbonyl (C=O) groups is 1. The minimum Gasteiger partial charge on any atom is -0.506 e. The monoisotopic (exact) mass is 336 g/mol. The lowest BCUT2D eigenvalue weighted by Gasteiger charge is -2.04. The zero-order valence-corrected chi connectivity index (χ0v) is 13.5. The summed E-state index contributed by atoms with van der Waals surface area (Å²) >= 11 is 11.7. The van der Waals surface area contributed by atoms with E-state index in [9.17, 15) is 9.90 Å². The number of nitrogens with zero attached hydrogens (tertiary/aromatic N) is 1. The fourth-order valence-corrected chi connectivity index (χ4v) is 2.52. The lowest BCUT2D eigenvalue weighted by Crippen LogP contribution is -2.17. The summed E-state index contributed by atoms with van der Waals surface area (Å²) in [4.78, 5) is 12.0. The average Bonchev–Trinajstić information content (AvgIpc) is 2.42. The van der Waals surface area contributed by atoms with Gasteiger partial charge >= 0.3 is 0 Å². The molecule has 1 amide bonds. The summed E-state index contributed by atoms with van der Waals surface area (Å²) in [6, 6.07) is 8.43. The predicted octanol–water partition coefficient (Wildman–Crippen LogP) is 4.08. The molecule has 0 fully saturated rings. The van der Waals surface area contributed by atoms with Crippen molar-refractivity contribution in [1.82, 2.24) is 5.43 Å². The second kappa shape index (κ2) is 6.81. The van der Waals surface area contributed by atoms with Gasteiger partial charge in [-0.05, 0) is 38.1 Å². The van der Waals surface area contributed by atoms with Gasteiger partial charge in [0.2, 0.25) is 0 Å². The van der Waals surface area contributed by atoms with Gasteiger partial charge in [-0.1, -0.05) is 40.4 Å². The Morgan fingerprint density at radius 2 is 1.77 bits per heavy atom. The quantitative estimate of drug-likeness (QED) is 0.655. The molecule has 0 bridgehead atoms. The van der Waals surface area contributed by atoms with Gasteiger partial charge in [-0.15, -0.1) is 0 Å². The summed E-state index contributed by atoms with van der Waals surface area (Å²) in [6.07, 6.45) is 1.29. The summed E-state index contributed by atoms with van der Waals surface area (Å²) in [5, 5.41) is 14.1. The van der Waals surface area contributed by atoms with Gasteiger partial charge in [-0.2, -0.15) is 5.10 Å². The molecule has 0 atom stereocenters. The maximum absolute atomic E-state index is 12.0. The van der Waals surface area contributed by atoms with E-state index in [1.165, 1.54) is 18.3 Å². The molecule has 22 heavy (non-hydrogen) atoms. The highest BCUT2D eigenvalue weighted by Crippen LogP contribution is 2.29. The molecular formula is C16H14Cl2N2O2. The molecule has 6 heteroatoms. The molecule has 0 heterocycles. The van der Waals surface area contributed by atoms with Crippen LogP contribution < -0.4 is 5.43 Å². The lowest BCUT2D eigenvalue weighted by molar-refractivity contribution is 0.0955. The van der Waals surface area contributed by atoms with Crippen molar-refractivity contribution in [2.24, 2.45) is 5.10 Å². The average molecular weight is 337 g/mol. The van der Waals surface area contributed by atoms with Crippen LogP contribution in [0.3, 0.4) is 0 Å². The number of halogens is 2. The molecule has 2 rings (SSSR count). The van der Waals surface area contributed by atoms with Crippen LogP contribution in [-0.2, 0) is 0 Å². The van der Waals surface area contributed by atoms with Crippen LogP contribution in [0.25, 0.3) is 0 Å². The van der Waals surface area contributed by atoms with Crippen molar-refractivity contribution < 1.29 is 9.90 Å². The highest BCUT2D eigenvalue weighted by Gasteiger charge is 2.07. The first-order chi connectivity index (χ1) is 10.4. The summed E-state index contributed by atoms with van der Waals surface area (Å²) in [7, 11) is 0. The molecule has 0 saturated heterocycles. The van der Waals surface area contributed by atoms with Crippen molar-refractivity contribution in [1.29, 1.82) is 0 Å². The third kappa shape index (κ3) is 4.00. The Morgan fingerprint density at radius 1 is 1.14 bits per heavy atom.